The Kier molecular flexibility index (Phi) is 4.76. The van der Waals surface area contributed by atoms with Gasteiger partial charge in [0.25, 0.3) is 5.91 Å². The van der Waals surface area contributed by atoms with Gasteiger partial charge in [-0.1, -0.05) is 17.5 Å². The van der Waals surface area contributed by atoms with Crippen LogP contribution >= 0.6 is 11.6 Å². The summed E-state index contributed by atoms with van der Waals surface area (Å²) in [5, 5.41) is 13.0. The van der Waals surface area contributed by atoms with Crippen LogP contribution in [0.4, 0.5) is 0 Å². The Morgan fingerprint density at radius 1 is 1.67 bits per heavy atom. The van der Waals surface area contributed by atoms with Gasteiger partial charge in [0, 0.05) is 6.04 Å². The molecule has 1 aromatic rings. The molecule has 0 aliphatic heterocycles. The van der Waals surface area contributed by atoms with E-state index in [1.165, 1.54) is 15.8 Å². The van der Waals surface area contributed by atoms with E-state index in [2.05, 4.69) is 11.0 Å². The summed E-state index contributed by atoms with van der Waals surface area (Å²) in [5.41, 5.74) is 0.260. The largest absolute Gasteiger partial charge is 0.314 e. The molecule has 0 radical (unpaired) electrons. The van der Waals surface area contributed by atoms with E-state index in [1.807, 2.05) is 19.9 Å². The molecule has 0 aliphatic rings. The fourth-order valence-corrected chi connectivity index (χ4v) is 1.78. The third-order valence-corrected chi connectivity index (χ3v) is 2.66. The predicted molar refractivity (Wildman–Crippen MR) is 68.0 cm³/mol. The fourth-order valence-electron chi connectivity index (χ4n) is 1.42. The second-order valence-corrected chi connectivity index (χ2v) is 4.27. The van der Waals surface area contributed by atoms with Crippen LogP contribution in [0.25, 0.3) is 0 Å². The third kappa shape index (κ3) is 2.82. The number of amides is 1. The molecule has 5 nitrogen and oxygen atoms in total. The van der Waals surface area contributed by atoms with Gasteiger partial charge in [-0.05, 0) is 13.8 Å². The Balaban J connectivity index is 3.03. The predicted octanol–water partition coefficient (Wildman–Crippen LogP) is 1.72. The van der Waals surface area contributed by atoms with E-state index in [0.29, 0.717) is 0 Å². The van der Waals surface area contributed by atoms with E-state index in [1.54, 1.807) is 0 Å². The molecule has 0 N–H and O–H groups in total. The highest BCUT2D eigenvalue weighted by atomic mass is 35.5. The first-order valence-corrected chi connectivity index (χ1v) is 5.73. The smallest absolute Gasteiger partial charge is 0.260 e. The molecular formula is C12H13ClN4O. The van der Waals surface area contributed by atoms with Crippen molar-refractivity contribution in [1.82, 2.24) is 14.7 Å². The molecule has 0 atom stereocenters. The molecule has 1 heterocycles. The number of carbonyl (C=O) groups excluding carboxylic acids is 1. The summed E-state index contributed by atoms with van der Waals surface area (Å²) in [4.78, 5) is 13.4. The Labute approximate surface area is 111 Å². The number of terminal acetylenes is 1. The highest BCUT2D eigenvalue weighted by molar-refractivity contribution is 6.32. The summed E-state index contributed by atoms with van der Waals surface area (Å²) in [6.07, 6.45) is 6.55. The molecule has 6 heteroatoms. The number of carbonyl (C=O) groups is 1. The molecule has 1 aromatic heterocycles. The van der Waals surface area contributed by atoms with Crippen LogP contribution in [-0.4, -0.2) is 33.7 Å². The van der Waals surface area contributed by atoms with Crippen LogP contribution < -0.4 is 0 Å². The zero-order chi connectivity index (χ0) is 13.7. The Hall–Kier alpha value is -1.98. The summed E-state index contributed by atoms with van der Waals surface area (Å²) >= 11 is 6.08. The van der Waals surface area contributed by atoms with Gasteiger partial charge in [-0.2, -0.15) is 10.4 Å². The lowest BCUT2D eigenvalue weighted by Gasteiger charge is -2.15. The van der Waals surface area contributed by atoms with Crippen molar-refractivity contribution < 1.29 is 4.79 Å². The minimum absolute atomic E-state index is 0.0519. The quantitative estimate of drug-likeness (QED) is 0.614. The molecule has 0 spiro atoms. The van der Waals surface area contributed by atoms with Gasteiger partial charge < -0.3 is 4.90 Å². The third-order valence-electron chi connectivity index (χ3n) is 2.29. The van der Waals surface area contributed by atoms with Gasteiger partial charge in [0.05, 0.1) is 24.4 Å². The van der Waals surface area contributed by atoms with Gasteiger partial charge in [-0.25, -0.2) is 0 Å². The lowest BCUT2D eigenvalue weighted by Crippen LogP contribution is -2.31. The molecule has 0 bridgehead atoms. The lowest BCUT2D eigenvalue weighted by molar-refractivity contribution is 0.0795. The molecular weight excluding hydrogens is 252 g/mol. The first-order chi connectivity index (χ1) is 8.52. The second-order valence-electron chi connectivity index (χ2n) is 3.91. The molecule has 1 amide bonds. The summed E-state index contributed by atoms with van der Waals surface area (Å²) in [6.45, 7) is 3.80. The normalized spacial score (nSPS) is 9.89. The summed E-state index contributed by atoms with van der Waals surface area (Å²) < 4.78 is 1.54. The van der Waals surface area contributed by atoms with Crippen molar-refractivity contribution in [3.8, 4) is 18.4 Å². The Morgan fingerprint density at radius 2 is 2.33 bits per heavy atom. The van der Waals surface area contributed by atoms with Gasteiger partial charge >= 0.3 is 0 Å². The molecule has 94 valence electrons. The van der Waals surface area contributed by atoms with Gasteiger partial charge in [0.1, 0.15) is 11.7 Å². The number of nitrogens with zero attached hydrogens (tertiary/aromatic N) is 4. The van der Waals surface area contributed by atoms with Crippen LogP contribution in [0.2, 0.25) is 5.15 Å². The topological polar surface area (TPSA) is 61.9 Å². The maximum absolute atomic E-state index is 12.1. The van der Waals surface area contributed by atoms with Crippen LogP contribution in [0.3, 0.4) is 0 Å². The molecule has 0 saturated carbocycles. The Bertz CT molecular complexity index is 505. The van der Waals surface area contributed by atoms with Crippen LogP contribution in [0.1, 0.15) is 30.2 Å². The molecule has 0 aromatic carbocycles. The first kappa shape index (κ1) is 14.1. The molecule has 0 unspecified atom stereocenters. The first-order valence-electron chi connectivity index (χ1n) is 5.35. The van der Waals surface area contributed by atoms with E-state index in [4.69, 9.17) is 23.3 Å². The zero-order valence-corrected chi connectivity index (χ0v) is 11.0. The number of hydrogen-bond acceptors (Lipinski definition) is 3. The van der Waals surface area contributed by atoms with E-state index < -0.39 is 0 Å². The molecule has 1 rings (SSSR count). The molecule has 18 heavy (non-hydrogen) atoms. The van der Waals surface area contributed by atoms with E-state index in [0.717, 1.165) is 0 Å². The van der Waals surface area contributed by atoms with Crippen molar-refractivity contribution in [3.63, 3.8) is 0 Å². The SMILES string of the molecule is C#CCN(CC#N)C(=O)c1cnn(C(C)C)c1Cl. The number of rotatable bonds is 4. The number of aromatic nitrogens is 2. The van der Waals surface area contributed by atoms with E-state index in [-0.39, 0.29) is 35.8 Å². The summed E-state index contributed by atoms with van der Waals surface area (Å²) in [7, 11) is 0. The minimum atomic E-state index is -0.383. The van der Waals surface area contributed by atoms with Gasteiger partial charge in [-0.3, -0.25) is 9.48 Å². The summed E-state index contributed by atoms with van der Waals surface area (Å²) in [5.74, 6) is 1.95. The maximum Gasteiger partial charge on any atom is 0.260 e. The minimum Gasteiger partial charge on any atom is -0.314 e. The highest BCUT2D eigenvalue weighted by Gasteiger charge is 2.21. The van der Waals surface area contributed by atoms with Crippen molar-refractivity contribution in [2.45, 2.75) is 19.9 Å². The molecule has 0 fully saturated rings. The van der Waals surface area contributed by atoms with Crippen LogP contribution in [0, 0.1) is 23.7 Å². The monoisotopic (exact) mass is 264 g/mol. The molecule has 0 aliphatic carbocycles. The zero-order valence-electron chi connectivity index (χ0n) is 10.2. The van der Waals surface area contributed by atoms with E-state index in [9.17, 15) is 4.79 Å². The van der Waals surface area contributed by atoms with Crippen LogP contribution in [0.5, 0.6) is 0 Å². The summed E-state index contributed by atoms with van der Waals surface area (Å²) in [6, 6.07) is 1.94. The van der Waals surface area contributed by atoms with E-state index >= 15 is 0 Å². The van der Waals surface area contributed by atoms with Gasteiger partial charge in [0.15, 0.2) is 0 Å². The van der Waals surface area contributed by atoms with Crippen molar-refractivity contribution in [1.29, 1.82) is 5.26 Å². The lowest BCUT2D eigenvalue weighted by atomic mass is 10.3. The maximum atomic E-state index is 12.1. The average molecular weight is 265 g/mol. The average Bonchev–Trinajstić information content (AvgIpc) is 2.70. The number of nitriles is 1. The number of halogens is 1. The Morgan fingerprint density at radius 3 is 2.78 bits per heavy atom. The molecule has 0 saturated heterocycles. The highest BCUT2D eigenvalue weighted by Crippen LogP contribution is 2.20. The number of hydrogen-bond donors (Lipinski definition) is 0. The van der Waals surface area contributed by atoms with Gasteiger partial charge in [0.2, 0.25) is 0 Å². The van der Waals surface area contributed by atoms with Crippen molar-refractivity contribution >= 4 is 17.5 Å². The standard InChI is InChI=1S/C12H13ClN4O/c1-4-6-16(7-5-14)12(18)10-8-15-17(9(2)3)11(10)13/h1,8-9H,6-7H2,2-3H3. The van der Waals surface area contributed by atoms with Crippen LogP contribution in [-0.2, 0) is 0 Å². The van der Waals surface area contributed by atoms with Crippen molar-refractivity contribution in [2.75, 3.05) is 13.1 Å². The van der Waals surface area contributed by atoms with Crippen LogP contribution in [0.15, 0.2) is 6.20 Å². The fraction of sp³-hybridized carbons (Fsp3) is 0.417. The van der Waals surface area contributed by atoms with Crippen molar-refractivity contribution in [3.05, 3.63) is 16.9 Å². The van der Waals surface area contributed by atoms with Gasteiger partial charge in [-0.15, -0.1) is 6.42 Å². The second kappa shape index (κ2) is 6.09. The van der Waals surface area contributed by atoms with Crippen molar-refractivity contribution in [2.24, 2.45) is 0 Å².